The predicted molar refractivity (Wildman–Crippen MR) is 89.8 cm³/mol. The summed E-state index contributed by atoms with van der Waals surface area (Å²) in [5.74, 6) is 0.652. The van der Waals surface area contributed by atoms with E-state index in [-0.39, 0.29) is 19.0 Å². The minimum atomic E-state index is -0.252. The van der Waals surface area contributed by atoms with Crippen LogP contribution in [0.1, 0.15) is 30.7 Å². The van der Waals surface area contributed by atoms with Gasteiger partial charge in [-0.1, -0.05) is 29.8 Å². The lowest BCUT2D eigenvalue weighted by Crippen LogP contribution is -2.29. The highest BCUT2D eigenvalue weighted by atomic mass is 16.5. The molecule has 1 amide bonds. The van der Waals surface area contributed by atoms with Gasteiger partial charge in [-0.3, -0.25) is 9.69 Å². The van der Waals surface area contributed by atoms with Gasteiger partial charge in [-0.05, 0) is 37.6 Å². The zero-order valence-electron chi connectivity index (χ0n) is 13.7. The van der Waals surface area contributed by atoms with E-state index in [2.05, 4.69) is 32.5 Å². The number of carbonyl (C=O) groups excluding carboxylic acids is 1. The fraction of sp³-hybridized carbons (Fsp3) is 0.471. The van der Waals surface area contributed by atoms with Crippen LogP contribution in [0.4, 0.5) is 0 Å². The number of amides is 1. The van der Waals surface area contributed by atoms with Crippen molar-refractivity contribution in [3.63, 3.8) is 0 Å². The summed E-state index contributed by atoms with van der Waals surface area (Å²) < 4.78 is 5.18. The van der Waals surface area contributed by atoms with Gasteiger partial charge in [-0.25, -0.2) is 0 Å². The Hall–Kier alpha value is -2.25. The molecule has 24 heavy (non-hydrogen) atoms. The second kappa shape index (κ2) is 8.03. The predicted octanol–water partition coefficient (Wildman–Crippen LogP) is 1.30. The van der Waals surface area contributed by atoms with E-state index in [4.69, 9.17) is 10.3 Å². The van der Waals surface area contributed by atoms with Gasteiger partial charge in [0.15, 0.2) is 0 Å². The molecule has 0 radical (unpaired) electrons. The molecule has 2 heterocycles. The van der Waals surface area contributed by atoms with Gasteiger partial charge in [-0.2, -0.15) is 4.98 Å². The van der Waals surface area contributed by atoms with Gasteiger partial charge in [0.05, 0.1) is 13.1 Å². The Kier molecular flexibility index (Phi) is 5.55. The molecule has 7 nitrogen and oxygen atoms in total. The standard InChI is InChI=1S/C17H23N5O2/c18-10-15(23)19-11-16-20-17(21-24-16)14-6-4-5-13(9-14)12-22-7-2-1-3-8-22/h4-6,9H,1-3,7-8,10-12,18H2,(H,19,23). The Morgan fingerprint density at radius 1 is 1.29 bits per heavy atom. The minimum absolute atomic E-state index is 0.0560. The summed E-state index contributed by atoms with van der Waals surface area (Å²) in [7, 11) is 0. The summed E-state index contributed by atoms with van der Waals surface area (Å²) in [5.41, 5.74) is 7.41. The molecule has 0 atom stereocenters. The maximum atomic E-state index is 11.2. The number of aromatic nitrogens is 2. The smallest absolute Gasteiger partial charge is 0.246 e. The highest BCUT2D eigenvalue weighted by molar-refractivity contribution is 5.77. The summed E-state index contributed by atoms with van der Waals surface area (Å²) in [6.07, 6.45) is 3.90. The minimum Gasteiger partial charge on any atom is -0.346 e. The molecule has 0 bridgehead atoms. The van der Waals surface area contributed by atoms with Crippen molar-refractivity contribution in [3.8, 4) is 11.4 Å². The van der Waals surface area contributed by atoms with Crippen molar-refractivity contribution in [2.75, 3.05) is 19.6 Å². The van der Waals surface area contributed by atoms with Gasteiger partial charge in [0.25, 0.3) is 0 Å². The van der Waals surface area contributed by atoms with E-state index in [0.29, 0.717) is 11.7 Å². The van der Waals surface area contributed by atoms with E-state index >= 15 is 0 Å². The Labute approximate surface area is 141 Å². The third kappa shape index (κ3) is 4.39. The van der Waals surface area contributed by atoms with Crippen molar-refractivity contribution in [1.82, 2.24) is 20.4 Å². The Balaban J connectivity index is 1.65. The maximum Gasteiger partial charge on any atom is 0.246 e. The average molecular weight is 329 g/mol. The number of benzene rings is 1. The van der Waals surface area contributed by atoms with E-state index in [0.717, 1.165) is 25.2 Å². The molecule has 7 heteroatoms. The first-order valence-corrected chi connectivity index (χ1v) is 8.35. The van der Waals surface area contributed by atoms with Crippen LogP contribution in [0.3, 0.4) is 0 Å². The molecule has 0 spiro atoms. The lowest BCUT2D eigenvalue weighted by atomic mass is 10.1. The number of carbonyl (C=O) groups is 1. The van der Waals surface area contributed by atoms with Crippen LogP contribution in [0.25, 0.3) is 11.4 Å². The van der Waals surface area contributed by atoms with Gasteiger partial charge < -0.3 is 15.6 Å². The van der Waals surface area contributed by atoms with Crippen LogP contribution in [0.15, 0.2) is 28.8 Å². The van der Waals surface area contributed by atoms with Gasteiger partial charge in [0, 0.05) is 12.1 Å². The zero-order chi connectivity index (χ0) is 16.8. The van der Waals surface area contributed by atoms with E-state index in [1.54, 1.807) is 0 Å². The number of nitrogens with two attached hydrogens (primary N) is 1. The molecular weight excluding hydrogens is 306 g/mol. The fourth-order valence-corrected chi connectivity index (χ4v) is 2.87. The molecule has 3 rings (SSSR count). The van der Waals surface area contributed by atoms with E-state index in [9.17, 15) is 4.79 Å². The number of nitrogens with one attached hydrogen (secondary N) is 1. The number of piperidine rings is 1. The number of likely N-dealkylation sites (tertiary alicyclic amines) is 1. The molecule has 1 aromatic heterocycles. The molecular formula is C17H23N5O2. The molecule has 128 valence electrons. The average Bonchev–Trinajstić information content (AvgIpc) is 3.10. The molecule has 3 N–H and O–H groups in total. The first-order chi connectivity index (χ1) is 11.7. The van der Waals surface area contributed by atoms with Crippen molar-refractivity contribution in [1.29, 1.82) is 0 Å². The SMILES string of the molecule is NCC(=O)NCc1nc(-c2cccc(CN3CCCCC3)c2)no1. The summed E-state index contributed by atoms with van der Waals surface area (Å²) in [4.78, 5) is 18.0. The first-order valence-electron chi connectivity index (χ1n) is 8.35. The monoisotopic (exact) mass is 329 g/mol. The zero-order valence-corrected chi connectivity index (χ0v) is 13.7. The van der Waals surface area contributed by atoms with Gasteiger partial charge >= 0.3 is 0 Å². The normalized spacial score (nSPS) is 15.4. The fourth-order valence-electron chi connectivity index (χ4n) is 2.87. The lowest BCUT2D eigenvalue weighted by Gasteiger charge is -2.26. The molecule has 0 aliphatic carbocycles. The van der Waals surface area contributed by atoms with E-state index in [1.807, 2.05) is 12.1 Å². The van der Waals surface area contributed by atoms with Crippen LogP contribution < -0.4 is 11.1 Å². The van der Waals surface area contributed by atoms with Crippen molar-refractivity contribution in [2.45, 2.75) is 32.4 Å². The van der Waals surface area contributed by atoms with Gasteiger partial charge in [-0.15, -0.1) is 0 Å². The number of hydrogen-bond donors (Lipinski definition) is 2. The third-order valence-corrected chi connectivity index (χ3v) is 4.13. The van der Waals surface area contributed by atoms with Crippen molar-refractivity contribution in [3.05, 3.63) is 35.7 Å². The molecule has 1 aromatic carbocycles. The van der Waals surface area contributed by atoms with E-state index in [1.165, 1.54) is 24.8 Å². The third-order valence-electron chi connectivity index (χ3n) is 4.13. The Morgan fingerprint density at radius 2 is 2.12 bits per heavy atom. The van der Waals surface area contributed by atoms with Crippen molar-refractivity contribution in [2.24, 2.45) is 5.73 Å². The summed E-state index contributed by atoms with van der Waals surface area (Å²) in [5, 5.41) is 6.61. The Morgan fingerprint density at radius 3 is 2.92 bits per heavy atom. The highest BCUT2D eigenvalue weighted by Crippen LogP contribution is 2.19. The highest BCUT2D eigenvalue weighted by Gasteiger charge is 2.13. The summed E-state index contributed by atoms with van der Waals surface area (Å²) in [6, 6.07) is 8.20. The summed E-state index contributed by atoms with van der Waals surface area (Å²) >= 11 is 0. The molecule has 0 saturated carbocycles. The van der Waals surface area contributed by atoms with E-state index < -0.39 is 0 Å². The van der Waals surface area contributed by atoms with Crippen molar-refractivity contribution >= 4 is 5.91 Å². The Bertz CT molecular complexity index is 679. The molecule has 1 aliphatic heterocycles. The molecule has 1 saturated heterocycles. The van der Waals surface area contributed by atoms with Crippen molar-refractivity contribution < 1.29 is 9.32 Å². The molecule has 1 aliphatic rings. The second-order valence-electron chi connectivity index (χ2n) is 6.03. The topological polar surface area (TPSA) is 97.3 Å². The molecule has 2 aromatic rings. The van der Waals surface area contributed by atoms with Crippen LogP contribution in [0, 0.1) is 0 Å². The second-order valence-corrected chi connectivity index (χ2v) is 6.03. The van der Waals surface area contributed by atoms with Crippen LogP contribution in [-0.4, -0.2) is 40.6 Å². The van der Waals surface area contributed by atoms with Crippen LogP contribution in [0.2, 0.25) is 0 Å². The number of hydrogen-bond acceptors (Lipinski definition) is 6. The lowest BCUT2D eigenvalue weighted by molar-refractivity contribution is -0.120. The maximum absolute atomic E-state index is 11.2. The van der Waals surface area contributed by atoms with Crippen LogP contribution >= 0.6 is 0 Å². The van der Waals surface area contributed by atoms with Crippen LogP contribution in [-0.2, 0) is 17.9 Å². The van der Waals surface area contributed by atoms with Gasteiger partial charge in [0.2, 0.25) is 17.6 Å². The van der Waals surface area contributed by atoms with Crippen LogP contribution in [0.5, 0.6) is 0 Å². The number of rotatable bonds is 6. The summed E-state index contributed by atoms with van der Waals surface area (Å²) in [6.45, 7) is 3.41. The number of nitrogens with zero attached hydrogens (tertiary/aromatic N) is 3. The van der Waals surface area contributed by atoms with Gasteiger partial charge in [0.1, 0.15) is 0 Å². The quantitative estimate of drug-likeness (QED) is 0.829. The molecule has 1 fully saturated rings. The molecule has 0 unspecified atom stereocenters. The first kappa shape index (κ1) is 16.6. The largest absolute Gasteiger partial charge is 0.346 e.